The molecule has 0 aliphatic rings. The van der Waals surface area contributed by atoms with E-state index in [1.807, 2.05) is 0 Å². The van der Waals surface area contributed by atoms with E-state index < -0.39 is 11.6 Å². The van der Waals surface area contributed by atoms with Gasteiger partial charge >= 0.3 is 0 Å². The first-order chi connectivity index (χ1) is 8.13. The lowest BCUT2D eigenvalue weighted by molar-refractivity contribution is 0.386. The van der Waals surface area contributed by atoms with E-state index in [0.717, 1.165) is 0 Å². The van der Waals surface area contributed by atoms with Crippen LogP contribution in [0, 0.1) is 11.6 Å². The Bertz CT molecular complexity index is 555. The van der Waals surface area contributed by atoms with Crippen LogP contribution < -0.4 is 4.74 Å². The third kappa shape index (κ3) is 2.24. The summed E-state index contributed by atoms with van der Waals surface area (Å²) in [6.45, 7) is 0. The van der Waals surface area contributed by atoms with Crippen molar-refractivity contribution in [2.75, 3.05) is 7.11 Å². The summed E-state index contributed by atoms with van der Waals surface area (Å²) in [4.78, 5) is 0. The van der Waals surface area contributed by atoms with Crippen molar-refractivity contribution in [3.8, 4) is 16.9 Å². The zero-order valence-corrected chi connectivity index (χ0v) is 9.76. The summed E-state index contributed by atoms with van der Waals surface area (Å²) in [5.74, 6) is -0.973. The van der Waals surface area contributed by atoms with Gasteiger partial charge < -0.3 is 4.74 Å². The van der Waals surface area contributed by atoms with E-state index in [4.69, 9.17) is 16.3 Å². The Morgan fingerprint density at radius 2 is 1.88 bits per heavy atom. The van der Waals surface area contributed by atoms with E-state index in [1.165, 1.54) is 25.3 Å². The van der Waals surface area contributed by atoms with Crippen molar-refractivity contribution in [1.82, 2.24) is 0 Å². The zero-order chi connectivity index (χ0) is 12.4. The Hall–Kier alpha value is -1.61. The molecular formula is C13H9ClF2O. The molecule has 4 heteroatoms. The molecule has 0 saturated heterocycles. The molecule has 0 aliphatic carbocycles. The van der Waals surface area contributed by atoms with Gasteiger partial charge in [0, 0.05) is 5.56 Å². The van der Waals surface area contributed by atoms with E-state index in [2.05, 4.69) is 0 Å². The predicted octanol–water partition coefficient (Wildman–Crippen LogP) is 4.29. The van der Waals surface area contributed by atoms with Gasteiger partial charge in [0.1, 0.15) is 5.82 Å². The zero-order valence-electron chi connectivity index (χ0n) is 9.01. The van der Waals surface area contributed by atoms with Crippen LogP contribution in [0.2, 0.25) is 5.02 Å². The van der Waals surface area contributed by atoms with Crippen molar-refractivity contribution in [2.24, 2.45) is 0 Å². The molecule has 0 bridgehead atoms. The third-order valence-corrected chi connectivity index (χ3v) is 2.71. The highest BCUT2D eigenvalue weighted by atomic mass is 35.5. The van der Waals surface area contributed by atoms with Crippen molar-refractivity contribution >= 4 is 11.6 Å². The average Bonchev–Trinajstić information content (AvgIpc) is 2.32. The summed E-state index contributed by atoms with van der Waals surface area (Å²) in [6.07, 6.45) is 0. The number of halogens is 3. The molecule has 0 amide bonds. The number of ether oxygens (including phenoxy) is 1. The Balaban J connectivity index is 2.54. The van der Waals surface area contributed by atoms with Gasteiger partial charge in [-0.15, -0.1) is 0 Å². The molecule has 2 rings (SSSR count). The SMILES string of the molecule is COc1ccc(-c2cccc(Cl)c2F)cc1F. The second kappa shape index (κ2) is 4.72. The molecule has 88 valence electrons. The second-order valence-electron chi connectivity index (χ2n) is 3.45. The Labute approximate surface area is 103 Å². The van der Waals surface area contributed by atoms with Crippen molar-refractivity contribution < 1.29 is 13.5 Å². The smallest absolute Gasteiger partial charge is 0.165 e. The van der Waals surface area contributed by atoms with Gasteiger partial charge in [0.05, 0.1) is 12.1 Å². The third-order valence-electron chi connectivity index (χ3n) is 2.41. The highest BCUT2D eigenvalue weighted by Gasteiger charge is 2.10. The van der Waals surface area contributed by atoms with Crippen LogP contribution >= 0.6 is 11.6 Å². The minimum absolute atomic E-state index is 0.0127. The number of methoxy groups -OCH3 is 1. The fourth-order valence-corrected chi connectivity index (χ4v) is 1.74. The first kappa shape index (κ1) is 11.9. The van der Waals surface area contributed by atoms with E-state index in [1.54, 1.807) is 18.2 Å². The maximum atomic E-state index is 13.7. The summed E-state index contributed by atoms with van der Waals surface area (Å²) in [5.41, 5.74) is 0.683. The van der Waals surface area contributed by atoms with Gasteiger partial charge in [-0.25, -0.2) is 8.78 Å². The van der Waals surface area contributed by atoms with Crippen LogP contribution in [0.15, 0.2) is 36.4 Å². The maximum Gasteiger partial charge on any atom is 0.165 e. The first-order valence-electron chi connectivity index (χ1n) is 4.91. The molecule has 2 aromatic rings. The minimum Gasteiger partial charge on any atom is -0.494 e. The maximum absolute atomic E-state index is 13.7. The molecule has 0 aromatic heterocycles. The Morgan fingerprint density at radius 3 is 2.53 bits per heavy atom. The molecule has 0 atom stereocenters. The molecule has 0 spiro atoms. The van der Waals surface area contributed by atoms with Gasteiger partial charge in [0.15, 0.2) is 11.6 Å². The van der Waals surface area contributed by atoms with Crippen LogP contribution in [0.1, 0.15) is 0 Å². The summed E-state index contributed by atoms with van der Waals surface area (Å²) in [7, 11) is 1.37. The summed E-state index contributed by atoms with van der Waals surface area (Å²) in [5, 5.41) is 0.0127. The van der Waals surface area contributed by atoms with Crippen molar-refractivity contribution in [2.45, 2.75) is 0 Å². The molecule has 1 nitrogen and oxygen atoms in total. The number of hydrogen-bond donors (Lipinski definition) is 0. The van der Waals surface area contributed by atoms with Gasteiger partial charge in [-0.05, 0) is 23.8 Å². The standard InChI is InChI=1S/C13H9ClF2O/c1-17-12-6-5-8(7-11(12)15)9-3-2-4-10(14)13(9)16/h2-7H,1H3. The van der Waals surface area contributed by atoms with Gasteiger partial charge in [0.2, 0.25) is 0 Å². The highest BCUT2D eigenvalue weighted by molar-refractivity contribution is 6.31. The number of hydrogen-bond acceptors (Lipinski definition) is 1. The molecule has 0 fully saturated rings. The Kier molecular flexibility index (Phi) is 3.29. The lowest BCUT2D eigenvalue weighted by atomic mass is 10.0. The molecule has 0 N–H and O–H groups in total. The highest BCUT2D eigenvalue weighted by Crippen LogP contribution is 2.30. The van der Waals surface area contributed by atoms with Gasteiger partial charge in [0.25, 0.3) is 0 Å². The van der Waals surface area contributed by atoms with Crippen molar-refractivity contribution in [1.29, 1.82) is 0 Å². The van der Waals surface area contributed by atoms with Gasteiger partial charge in [-0.2, -0.15) is 0 Å². The van der Waals surface area contributed by atoms with Crippen LogP contribution in [-0.4, -0.2) is 7.11 Å². The lowest BCUT2D eigenvalue weighted by Crippen LogP contribution is -1.90. The topological polar surface area (TPSA) is 9.23 Å². The fraction of sp³-hybridized carbons (Fsp3) is 0.0769. The lowest BCUT2D eigenvalue weighted by Gasteiger charge is -2.07. The van der Waals surface area contributed by atoms with E-state index in [9.17, 15) is 8.78 Å². The fourth-order valence-electron chi connectivity index (χ4n) is 1.56. The van der Waals surface area contributed by atoms with Gasteiger partial charge in [-0.1, -0.05) is 29.8 Å². The second-order valence-corrected chi connectivity index (χ2v) is 3.86. The molecule has 0 saturated carbocycles. The van der Waals surface area contributed by atoms with Crippen LogP contribution in [0.3, 0.4) is 0 Å². The van der Waals surface area contributed by atoms with Crippen LogP contribution in [0.25, 0.3) is 11.1 Å². The van der Waals surface area contributed by atoms with E-state index in [-0.39, 0.29) is 16.3 Å². The Morgan fingerprint density at radius 1 is 1.12 bits per heavy atom. The molecule has 0 heterocycles. The first-order valence-corrected chi connectivity index (χ1v) is 5.29. The molecule has 0 unspecified atom stereocenters. The monoisotopic (exact) mass is 254 g/mol. The average molecular weight is 255 g/mol. The normalized spacial score (nSPS) is 10.4. The molecule has 0 radical (unpaired) electrons. The minimum atomic E-state index is -0.557. The number of rotatable bonds is 2. The predicted molar refractivity (Wildman–Crippen MR) is 63.4 cm³/mol. The van der Waals surface area contributed by atoms with E-state index >= 15 is 0 Å². The van der Waals surface area contributed by atoms with Crippen molar-refractivity contribution in [3.63, 3.8) is 0 Å². The molecular weight excluding hydrogens is 246 g/mol. The van der Waals surface area contributed by atoms with Crippen molar-refractivity contribution in [3.05, 3.63) is 53.1 Å². The summed E-state index contributed by atoms with van der Waals surface area (Å²) >= 11 is 5.67. The van der Waals surface area contributed by atoms with Crippen LogP contribution in [-0.2, 0) is 0 Å². The molecule has 2 aromatic carbocycles. The summed E-state index contributed by atoms with van der Waals surface area (Å²) in [6, 6.07) is 8.85. The quantitative estimate of drug-likeness (QED) is 0.777. The van der Waals surface area contributed by atoms with Crippen LogP contribution in [0.5, 0.6) is 5.75 Å². The summed E-state index contributed by atoms with van der Waals surface area (Å²) < 4.78 is 32.0. The van der Waals surface area contributed by atoms with Crippen LogP contribution in [0.4, 0.5) is 8.78 Å². The molecule has 0 aliphatic heterocycles. The van der Waals surface area contributed by atoms with E-state index in [0.29, 0.717) is 5.56 Å². The molecule has 17 heavy (non-hydrogen) atoms. The largest absolute Gasteiger partial charge is 0.494 e. The number of benzene rings is 2. The van der Waals surface area contributed by atoms with Gasteiger partial charge in [-0.3, -0.25) is 0 Å².